The third-order valence-electron chi connectivity index (χ3n) is 4.49. The number of fused-ring (bicyclic) bond motifs is 2. The Bertz CT molecular complexity index is 777. The van der Waals surface area contributed by atoms with Crippen LogP contribution in [0.3, 0.4) is 0 Å². The van der Waals surface area contributed by atoms with Gasteiger partial charge < -0.3 is 29.0 Å². The summed E-state index contributed by atoms with van der Waals surface area (Å²) in [4.78, 5) is 0. The van der Waals surface area contributed by atoms with E-state index in [0.717, 1.165) is 34.8 Å². The van der Waals surface area contributed by atoms with Gasteiger partial charge in [0.1, 0.15) is 6.61 Å². The van der Waals surface area contributed by atoms with Gasteiger partial charge >= 0.3 is 0 Å². The van der Waals surface area contributed by atoms with Gasteiger partial charge in [0.25, 0.3) is 0 Å². The van der Waals surface area contributed by atoms with Gasteiger partial charge in [0.2, 0.25) is 12.5 Å². The first kappa shape index (κ1) is 15.9. The molecule has 6 nitrogen and oxygen atoms in total. The zero-order chi connectivity index (χ0) is 17.2. The minimum Gasteiger partial charge on any atom is -0.493 e. The third kappa shape index (κ3) is 3.05. The van der Waals surface area contributed by atoms with Crippen LogP contribution in [-0.2, 0) is 13.0 Å². The maximum absolute atomic E-state index is 5.91. The molecule has 2 aliphatic heterocycles. The molecule has 2 aromatic carbocycles. The highest BCUT2D eigenvalue weighted by molar-refractivity contribution is 5.55. The number of hydrogen-bond donors (Lipinski definition) is 1. The molecule has 132 valence electrons. The molecule has 2 heterocycles. The second-order valence-electron chi connectivity index (χ2n) is 6.07. The third-order valence-corrected chi connectivity index (χ3v) is 4.49. The van der Waals surface area contributed by atoms with Crippen molar-refractivity contribution < 1.29 is 23.7 Å². The van der Waals surface area contributed by atoms with Gasteiger partial charge in [-0.3, -0.25) is 0 Å². The summed E-state index contributed by atoms with van der Waals surface area (Å²) in [5.74, 6) is 3.74. The Kier molecular flexibility index (Phi) is 4.28. The molecule has 4 rings (SSSR count). The Morgan fingerprint density at radius 3 is 2.76 bits per heavy atom. The number of hydrogen-bond acceptors (Lipinski definition) is 6. The van der Waals surface area contributed by atoms with Crippen molar-refractivity contribution in [3.05, 3.63) is 41.5 Å². The highest BCUT2D eigenvalue weighted by Gasteiger charge is 2.23. The second-order valence-corrected chi connectivity index (χ2v) is 6.07. The molecular weight excluding hydrogens is 322 g/mol. The molecule has 1 N–H and O–H groups in total. The molecule has 2 aromatic rings. The van der Waals surface area contributed by atoms with E-state index >= 15 is 0 Å². The van der Waals surface area contributed by atoms with Crippen LogP contribution in [0.1, 0.15) is 11.1 Å². The number of rotatable bonds is 5. The van der Waals surface area contributed by atoms with Gasteiger partial charge in [-0.2, -0.15) is 0 Å². The van der Waals surface area contributed by atoms with Gasteiger partial charge in [-0.1, -0.05) is 12.1 Å². The average molecular weight is 343 g/mol. The van der Waals surface area contributed by atoms with Crippen molar-refractivity contribution in [3.8, 4) is 28.7 Å². The summed E-state index contributed by atoms with van der Waals surface area (Å²) in [6.07, 6.45) is 0.897. The van der Waals surface area contributed by atoms with Crippen molar-refractivity contribution in [2.75, 3.05) is 27.6 Å². The molecule has 0 spiro atoms. The minimum atomic E-state index is 0.232. The second kappa shape index (κ2) is 6.72. The summed E-state index contributed by atoms with van der Waals surface area (Å²) in [6, 6.07) is 10.2. The molecule has 0 fully saturated rings. The highest BCUT2D eigenvalue weighted by atomic mass is 16.7. The summed E-state index contributed by atoms with van der Waals surface area (Å²) in [7, 11) is 3.30. The summed E-state index contributed by atoms with van der Waals surface area (Å²) in [6.45, 7) is 1.53. The van der Waals surface area contributed by atoms with Gasteiger partial charge in [-0.25, -0.2) is 0 Å². The standard InChI is InChI=1S/C19H21NO5/c1-21-15-5-3-4-13-8-14(10-23-18(13)15)20-9-12-6-16(22-2)19-17(7-12)24-11-25-19/h3-7,14,20H,8-11H2,1-2H3/t14-/m1/s1. The summed E-state index contributed by atoms with van der Waals surface area (Å²) in [5, 5.41) is 3.54. The van der Waals surface area contributed by atoms with Gasteiger partial charge in [0.15, 0.2) is 23.0 Å². The summed E-state index contributed by atoms with van der Waals surface area (Å²) < 4.78 is 27.6. The fraction of sp³-hybridized carbons (Fsp3) is 0.368. The fourth-order valence-corrected chi connectivity index (χ4v) is 3.23. The summed E-state index contributed by atoms with van der Waals surface area (Å²) >= 11 is 0. The zero-order valence-corrected chi connectivity index (χ0v) is 14.3. The lowest BCUT2D eigenvalue weighted by atomic mass is 10.0. The first-order valence-electron chi connectivity index (χ1n) is 8.27. The minimum absolute atomic E-state index is 0.232. The Morgan fingerprint density at radius 2 is 1.92 bits per heavy atom. The van der Waals surface area contributed by atoms with Crippen LogP contribution in [0, 0.1) is 0 Å². The van der Waals surface area contributed by atoms with Gasteiger partial charge in [0, 0.05) is 12.6 Å². The predicted octanol–water partition coefficient (Wildman–Crippen LogP) is 2.53. The van der Waals surface area contributed by atoms with Crippen LogP contribution >= 0.6 is 0 Å². The highest BCUT2D eigenvalue weighted by Crippen LogP contribution is 2.42. The molecule has 0 bridgehead atoms. The number of para-hydroxylation sites is 1. The van der Waals surface area contributed by atoms with Crippen molar-refractivity contribution in [1.82, 2.24) is 5.32 Å². The van der Waals surface area contributed by atoms with Gasteiger partial charge in [-0.05, 0) is 35.7 Å². The monoisotopic (exact) mass is 343 g/mol. The van der Waals surface area contributed by atoms with Crippen LogP contribution in [0.5, 0.6) is 28.7 Å². The van der Waals surface area contributed by atoms with Gasteiger partial charge in [-0.15, -0.1) is 0 Å². The van der Waals surface area contributed by atoms with Crippen LogP contribution in [0.15, 0.2) is 30.3 Å². The van der Waals surface area contributed by atoms with Crippen molar-refractivity contribution in [1.29, 1.82) is 0 Å². The van der Waals surface area contributed by atoms with E-state index in [0.29, 0.717) is 24.7 Å². The van der Waals surface area contributed by atoms with E-state index < -0.39 is 0 Å². The zero-order valence-electron chi connectivity index (χ0n) is 14.3. The summed E-state index contributed by atoms with van der Waals surface area (Å²) in [5.41, 5.74) is 2.24. The molecule has 0 amide bonds. The van der Waals surface area contributed by atoms with E-state index in [1.54, 1.807) is 14.2 Å². The first-order chi connectivity index (χ1) is 12.3. The maximum Gasteiger partial charge on any atom is 0.231 e. The lowest BCUT2D eigenvalue weighted by Gasteiger charge is -2.27. The Labute approximate surface area is 146 Å². The topological polar surface area (TPSA) is 58.2 Å². The number of benzene rings is 2. The van der Waals surface area contributed by atoms with Crippen LogP contribution < -0.4 is 29.0 Å². The van der Waals surface area contributed by atoms with E-state index in [9.17, 15) is 0 Å². The molecule has 0 radical (unpaired) electrons. The van der Waals surface area contributed by atoms with E-state index in [-0.39, 0.29) is 12.8 Å². The first-order valence-corrected chi connectivity index (χ1v) is 8.27. The molecular formula is C19H21NO5. The predicted molar refractivity (Wildman–Crippen MR) is 91.9 cm³/mol. The molecule has 0 aliphatic carbocycles. The molecule has 2 aliphatic rings. The van der Waals surface area contributed by atoms with Gasteiger partial charge in [0.05, 0.1) is 14.2 Å². The molecule has 6 heteroatoms. The molecule has 0 aromatic heterocycles. The van der Waals surface area contributed by atoms with Crippen molar-refractivity contribution in [2.45, 2.75) is 19.0 Å². The number of methoxy groups -OCH3 is 2. The van der Waals surface area contributed by atoms with E-state index in [2.05, 4.69) is 11.4 Å². The normalized spacial score (nSPS) is 17.6. The van der Waals surface area contributed by atoms with Crippen LogP contribution in [0.2, 0.25) is 0 Å². The Hall–Kier alpha value is -2.60. The molecule has 25 heavy (non-hydrogen) atoms. The van der Waals surface area contributed by atoms with Crippen molar-refractivity contribution >= 4 is 0 Å². The molecule has 0 unspecified atom stereocenters. The molecule has 0 saturated carbocycles. The van der Waals surface area contributed by atoms with E-state index in [1.807, 2.05) is 24.3 Å². The number of nitrogens with one attached hydrogen (secondary N) is 1. The molecule has 0 saturated heterocycles. The Morgan fingerprint density at radius 1 is 1.04 bits per heavy atom. The number of ether oxygens (including phenoxy) is 5. The van der Waals surface area contributed by atoms with E-state index in [4.69, 9.17) is 23.7 Å². The quantitative estimate of drug-likeness (QED) is 0.900. The van der Waals surface area contributed by atoms with Crippen LogP contribution in [-0.4, -0.2) is 33.7 Å². The van der Waals surface area contributed by atoms with Crippen LogP contribution in [0.4, 0.5) is 0 Å². The molecule has 1 atom stereocenters. The lowest BCUT2D eigenvalue weighted by molar-refractivity contribution is 0.171. The lowest BCUT2D eigenvalue weighted by Crippen LogP contribution is -2.38. The largest absolute Gasteiger partial charge is 0.493 e. The Balaban J connectivity index is 1.44. The van der Waals surface area contributed by atoms with Crippen LogP contribution in [0.25, 0.3) is 0 Å². The van der Waals surface area contributed by atoms with Crippen molar-refractivity contribution in [3.63, 3.8) is 0 Å². The van der Waals surface area contributed by atoms with Crippen molar-refractivity contribution in [2.24, 2.45) is 0 Å². The average Bonchev–Trinajstić information content (AvgIpc) is 3.13. The maximum atomic E-state index is 5.91. The fourth-order valence-electron chi connectivity index (χ4n) is 3.23. The SMILES string of the molecule is COc1cccc2c1OC[C@H](NCc1cc(OC)c3c(c1)OCO3)C2. The smallest absolute Gasteiger partial charge is 0.231 e. The van der Waals surface area contributed by atoms with E-state index in [1.165, 1.54) is 0 Å².